The molecule has 0 aromatic carbocycles. The molecule has 21 heavy (non-hydrogen) atoms. The van der Waals surface area contributed by atoms with E-state index in [1.165, 1.54) is 0 Å². The Morgan fingerprint density at radius 2 is 1.86 bits per heavy atom. The quantitative estimate of drug-likeness (QED) is 0.405. The summed E-state index contributed by atoms with van der Waals surface area (Å²) in [6.45, 7) is 14.3. The molecule has 5 heteroatoms. The van der Waals surface area contributed by atoms with E-state index < -0.39 is 5.60 Å². The van der Waals surface area contributed by atoms with Gasteiger partial charge in [0.2, 0.25) is 5.91 Å². The summed E-state index contributed by atoms with van der Waals surface area (Å²) in [6, 6.07) is 0. The van der Waals surface area contributed by atoms with Crippen LogP contribution in [-0.2, 0) is 4.79 Å². The number of nitrogens with zero attached hydrogens (tertiary/aromatic N) is 1. The first-order valence-electron chi connectivity index (χ1n) is 8.00. The van der Waals surface area contributed by atoms with Crippen LogP contribution in [-0.4, -0.2) is 53.9 Å². The minimum Gasteiger partial charge on any atom is -0.391 e. The van der Waals surface area contributed by atoms with Gasteiger partial charge in [-0.15, -0.1) is 0 Å². The molecule has 0 aromatic rings. The smallest absolute Gasteiger partial charge is 0.226 e. The van der Waals surface area contributed by atoms with E-state index in [9.17, 15) is 9.90 Å². The molecule has 4 nitrogen and oxygen atoms in total. The van der Waals surface area contributed by atoms with Crippen LogP contribution < -0.4 is 5.32 Å². The zero-order valence-electron chi connectivity index (χ0n) is 14.5. The third-order valence-electron chi connectivity index (χ3n) is 4.89. The van der Waals surface area contributed by atoms with Crippen molar-refractivity contribution < 1.29 is 9.90 Å². The van der Waals surface area contributed by atoms with Crippen LogP contribution in [0.15, 0.2) is 12.2 Å². The normalized spacial score (nSPS) is 22.4. The Kier molecular flexibility index (Phi) is 5.67. The molecule has 1 atom stereocenters. The van der Waals surface area contributed by atoms with Crippen molar-refractivity contribution in [2.75, 3.05) is 19.6 Å². The Morgan fingerprint density at radius 3 is 2.24 bits per heavy atom. The van der Waals surface area contributed by atoms with Crippen LogP contribution in [0.3, 0.4) is 0 Å². The van der Waals surface area contributed by atoms with Gasteiger partial charge in [0.15, 0.2) is 7.28 Å². The highest BCUT2D eigenvalue weighted by molar-refractivity contribution is 6.47. The molecule has 1 saturated heterocycles. The summed E-state index contributed by atoms with van der Waals surface area (Å²) >= 11 is 0. The number of rotatable bonds is 8. The third-order valence-corrected chi connectivity index (χ3v) is 4.89. The zero-order chi connectivity index (χ0) is 16.3. The van der Waals surface area contributed by atoms with E-state index in [1.54, 1.807) is 0 Å². The first kappa shape index (κ1) is 18.2. The number of carbonyl (C=O) groups is 1. The summed E-state index contributed by atoms with van der Waals surface area (Å²) < 4.78 is 0. The number of amides is 1. The van der Waals surface area contributed by atoms with Crippen LogP contribution in [0.1, 0.15) is 48.0 Å². The highest BCUT2D eigenvalue weighted by atomic mass is 16.3. The minimum absolute atomic E-state index is 0.0486. The molecule has 1 unspecified atom stereocenters. The van der Waals surface area contributed by atoms with E-state index in [0.29, 0.717) is 6.42 Å². The van der Waals surface area contributed by atoms with Gasteiger partial charge < -0.3 is 15.3 Å². The number of hydrogen-bond donors (Lipinski definition) is 2. The molecule has 1 amide bonds. The van der Waals surface area contributed by atoms with E-state index in [1.807, 2.05) is 38.7 Å². The Bertz CT molecular complexity index is 392. The summed E-state index contributed by atoms with van der Waals surface area (Å²) in [5.74, 6) is 0.175. The molecule has 2 N–H and O–H groups in total. The minimum atomic E-state index is -0.727. The fourth-order valence-electron chi connectivity index (χ4n) is 2.51. The van der Waals surface area contributed by atoms with Gasteiger partial charge in [-0.05, 0) is 33.0 Å². The van der Waals surface area contributed by atoms with E-state index >= 15 is 0 Å². The molecule has 0 radical (unpaired) electrons. The highest BCUT2D eigenvalue weighted by Gasteiger charge is 2.49. The van der Waals surface area contributed by atoms with Crippen molar-refractivity contribution >= 4 is 13.2 Å². The monoisotopic (exact) mass is 294 g/mol. The van der Waals surface area contributed by atoms with E-state index in [-0.39, 0.29) is 16.7 Å². The van der Waals surface area contributed by atoms with Crippen molar-refractivity contribution in [1.29, 1.82) is 0 Å². The Balaban J connectivity index is 2.58. The molecule has 0 aliphatic carbocycles. The van der Waals surface area contributed by atoms with Crippen molar-refractivity contribution in [1.82, 2.24) is 10.2 Å². The lowest BCUT2D eigenvalue weighted by Crippen LogP contribution is -2.43. The second-order valence-electron chi connectivity index (χ2n) is 7.30. The topological polar surface area (TPSA) is 62.5 Å². The lowest BCUT2D eigenvalue weighted by molar-refractivity contribution is -0.129. The van der Waals surface area contributed by atoms with Crippen LogP contribution in [0, 0.1) is 0 Å². The lowest BCUT2D eigenvalue weighted by Gasteiger charge is -2.38. The number of hydrogen-bond acceptors (Lipinski definition) is 3. The Labute approximate surface area is 130 Å². The molecule has 0 saturated carbocycles. The molecule has 1 heterocycles. The Morgan fingerprint density at radius 1 is 1.33 bits per heavy atom. The number of nitrogens with one attached hydrogen (secondary N) is 1. The molecular weight excluding hydrogens is 263 g/mol. The first-order valence-corrected chi connectivity index (χ1v) is 8.00. The fourth-order valence-corrected chi connectivity index (χ4v) is 2.51. The second-order valence-corrected chi connectivity index (χ2v) is 7.30. The predicted molar refractivity (Wildman–Crippen MR) is 89.9 cm³/mol. The van der Waals surface area contributed by atoms with Gasteiger partial charge in [-0.3, -0.25) is 4.79 Å². The largest absolute Gasteiger partial charge is 0.391 e. The third kappa shape index (κ3) is 4.85. The molecule has 120 valence electrons. The highest BCUT2D eigenvalue weighted by Crippen LogP contribution is 2.41. The van der Waals surface area contributed by atoms with Crippen molar-refractivity contribution in [2.45, 2.75) is 64.3 Å². The van der Waals surface area contributed by atoms with E-state index in [4.69, 9.17) is 0 Å². The number of aliphatic hydroxyl groups is 1. The molecule has 1 fully saturated rings. The maximum Gasteiger partial charge on any atom is 0.226 e. The van der Waals surface area contributed by atoms with Crippen LogP contribution in [0.2, 0.25) is 5.31 Å². The van der Waals surface area contributed by atoms with Gasteiger partial charge in [0.05, 0.1) is 5.60 Å². The molecule has 1 rings (SSSR count). The van der Waals surface area contributed by atoms with Gasteiger partial charge in [-0.25, -0.2) is 0 Å². The maximum atomic E-state index is 12.0. The fraction of sp³-hybridized carbons (Fsp3) is 0.812. The van der Waals surface area contributed by atoms with Gasteiger partial charge >= 0.3 is 0 Å². The van der Waals surface area contributed by atoms with E-state index in [0.717, 1.165) is 26.9 Å². The SMILES string of the molecule is CCN(CC)C(=O)C/C=C\C1(BC(C)(C)C(C)(C)O)CN1. The van der Waals surface area contributed by atoms with Crippen molar-refractivity contribution in [3.63, 3.8) is 0 Å². The molecular formula is C16H31BN2O2. The standard InChI is InChI=1S/C16H31BN2O2/c1-7-19(8-2)13(20)10-9-11-16(12-18-16)17-14(3,4)15(5,6)21/h9,11,17-18,21H,7-8,10,12H2,1-6H3/b11-9-. The summed E-state index contributed by atoms with van der Waals surface area (Å²) in [7, 11) is 0.861. The average molecular weight is 294 g/mol. The number of carbonyl (C=O) groups excluding carboxylic acids is 1. The summed E-state index contributed by atoms with van der Waals surface area (Å²) in [5, 5.41) is 13.5. The van der Waals surface area contributed by atoms with Crippen molar-refractivity contribution in [3.05, 3.63) is 12.2 Å². The van der Waals surface area contributed by atoms with Crippen LogP contribution in [0.4, 0.5) is 0 Å². The molecule has 0 bridgehead atoms. The van der Waals surface area contributed by atoms with Crippen molar-refractivity contribution in [3.8, 4) is 0 Å². The van der Waals surface area contributed by atoms with Crippen LogP contribution >= 0.6 is 0 Å². The lowest BCUT2D eigenvalue weighted by atomic mass is 9.41. The Hall–Kier alpha value is -0.805. The van der Waals surface area contributed by atoms with Gasteiger partial charge in [0.1, 0.15) is 0 Å². The molecule has 0 spiro atoms. The molecule has 0 aromatic heterocycles. The predicted octanol–water partition coefficient (Wildman–Crippen LogP) is 1.51. The first-order chi connectivity index (χ1) is 9.57. The summed E-state index contributed by atoms with van der Waals surface area (Å²) in [5.41, 5.74) is -0.776. The summed E-state index contributed by atoms with van der Waals surface area (Å²) in [6.07, 6.45) is 4.54. The van der Waals surface area contributed by atoms with Crippen LogP contribution in [0.5, 0.6) is 0 Å². The zero-order valence-corrected chi connectivity index (χ0v) is 14.5. The summed E-state index contributed by atoms with van der Waals surface area (Å²) in [4.78, 5) is 13.8. The van der Waals surface area contributed by atoms with E-state index in [2.05, 4.69) is 25.2 Å². The second kappa shape index (κ2) is 6.53. The van der Waals surface area contributed by atoms with Gasteiger partial charge in [-0.1, -0.05) is 26.0 Å². The van der Waals surface area contributed by atoms with Gasteiger partial charge in [0, 0.05) is 31.5 Å². The van der Waals surface area contributed by atoms with Crippen molar-refractivity contribution in [2.24, 2.45) is 0 Å². The average Bonchev–Trinajstić information content (AvgIpc) is 3.08. The molecule has 1 aliphatic heterocycles. The molecule has 1 aliphatic rings. The van der Waals surface area contributed by atoms with Gasteiger partial charge in [-0.2, -0.15) is 0 Å². The van der Waals surface area contributed by atoms with Gasteiger partial charge in [0.25, 0.3) is 0 Å². The maximum absolute atomic E-state index is 12.0. The van der Waals surface area contributed by atoms with Crippen LogP contribution in [0.25, 0.3) is 0 Å².